The van der Waals surface area contributed by atoms with Crippen molar-refractivity contribution in [1.82, 2.24) is 4.98 Å². The van der Waals surface area contributed by atoms with E-state index in [4.69, 9.17) is 5.73 Å². The third kappa shape index (κ3) is 1.41. The summed E-state index contributed by atoms with van der Waals surface area (Å²) in [4.78, 5) is 3.85. The van der Waals surface area contributed by atoms with E-state index < -0.39 is 11.6 Å². The number of anilines is 1. The van der Waals surface area contributed by atoms with Gasteiger partial charge in [-0.15, -0.1) is 0 Å². The standard InChI is InChI=1S/C9H5F2IN2/c10-4-1-5-8(13)7(12)3-14-9(5)6(11)2-4/h1-3H,(H2,13,14). The average molecular weight is 306 g/mol. The van der Waals surface area contributed by atoms with Crippen LogP contribution in [0.25, 0.3) is 10.9 Å². The Labute approximate surface area is 92.3 Å². The molecule has 0 saturated heterocycles. The summed E-state index contributed by atoms with van der Waals surface area (Å²) in [6, 6.07) is 1.98. The molecule has 72 valence electrons. The van der Waals surface area contributed by atoms with Crippen molar-refractivity contribution in [1.29, 1.82) is 0 Å². The summed E-state index contributed by atoms with van der Waals surface area (Å²) in [7, 11) is 0. The molecule has 2 nitrogen and oxygen atoms in total. The molecule has 2 rings (SSSR count). The quantitative estimate of drug-likeness (QED) is 0.760. The fourth-order valence-corrected chi connectivity index (χ4v) is 1.65. The van der Waals surface area contributed by atoms with Gasteiger partial charge in [-0.05, 0) is 28.7 Å². The van der Waals surface area contributed by atoms with Gasteiger partial charge in [0.1, 0.15) is 11.3 Å². The first-order valence-corrected chi connectivity index (χ1v) is 4.86. The minimum Gasteiger partial charge on any atom is -0.397 e. The number of halogens is 3. The van der Waals surface area contributed by atoms with Crippen LogP contribution in [-0.4, -0.2) is 4.98 Å². The average Bonchev–Trinajstić information content (AvgIpc) is 2.12. The molecule has 5 heteroatoms. The minimum absolute atomic E-state index is 0.101. The van der Waals surface area contributed by atoms with Gasteiger partial charge in [-0.1, -0.05) is 0 Å². The van der Waals surface area contributed by atoms with Gasteiger partial charge >= 0.3 is 0 Å². The Bertz CT molecular complexity index is 514. The van der Waals surface area contributed by atoms with Crippen molar-refractivity contribution >= 4 is 39.2 Å². The van der Waals surface area contributed by atoms with Gasteiger partial charge in [0.15, 0.2) is 5.82 Å². The van der Waals surface area contributed by atoms with Gasteiger partial charge in [-0.2, -0.15) is 0 Å². The predicted octanol–water partition coefficient (Wildman–Crippen LogP) is 2.70. The number of aromatic nitrogens is 1. The van der Waals surface area contributed by atoms with Gasteiger partial charge < -0.3 is 5.73 Å². The summed E-state index contributed by atoms with van der Waals surface area (Å²) in [6.07, 6.45) is 1.46. The Balaban J connectivity index is 2.95. The lowest BCUT2D eigenvalue weighted by molar-refractivity contribution is 0.590. The van der Waals surface area contributed by atoms with Crippen LogP contribution in [-0.2, 0) is 0 Å². The lowest BCUT2D eigenvalue weighted by Crippen LogP contribution is -1.96. The van der Waals surface area contributed by atoms with E-state index in [9.17, 15) is 8.78 Å². The third-order valence-electron chi connectivity index (χ3n) is 1.88. The van der Waals surface area contributed by atoms with Crippen LogP contribution in [0.2, 0.25) is 0 Å². The molecule has 2 N–H and O–H groups in total. The second kappa shape index (κ2) is 3.30. The van der Waals surface area contributed by atoms with Crippen LogP contribution >= 0.6 is 22.6 Å². The Kier molecular flexibility index (Phi) is 2.26. The molecule has 0 fully saturated rings. The van der Waals surface area contributed by atoms with E-state index in [1.54, 1.807) is 0 Å². The van der Waals surface area contributed by atoms with Gasteiger partial charge in [0.25, 0.3) is 0 Å². The second-order valence-corrected chi connectivity index (χ2v) is 3.97. The zero-order valence-electron chi connectivity index (χ0n) is 6.89. The van der Waals surface area contributed by atoms with Gasteiger partial charge in [-0.3, -0.25) is 4.98 Å². The summed E-state index contributed by atoms with van der Waals surface area (Å²) in [6.45, 7) is 0. The van der Waals surface area contributed by atoms with Crippen LogP contribution < -0.4 is 5.73 Å². The van der Waals surface area contributed by atoms with E-state index in [2.05, 4.69) is 4.98 Å². The highest BCUT2D eigenvalue weighted by Gasteiger charge is 2.09. The summed E-state index contributed by atoms with van der Waals surface area (Å²) in [5.74, 6) is -1.34. The first kappa shape index (κ1) is 9.57. The number of nitrogen functional groups attached to an aromatic ring is 1. The van der Waals surface area contributed by atoms with Crippen LogP contribution in [0.3, 0.4) is 0 Å². The summed E-state index contributed by atoms with van der Waals surface area (Å²) < 4.78 is 26.8. The lowest BCUT2D eigenvalue weighted by Gasteiger charge is -2.04. The zero-order chi connectivity index (χ0) is 10.3. The van der Waals surface area contributed by atoms with E-state index in [-0.39, 0.29) is 5.52 Å². The maximum absolute atomic E-state index is 13.2. The van der Waals surface area contributed by atoms with E-state index in [0.717, 1.165) is 6.07 Å². The fourth-order valence-electron chi connectivity index (χ4n) is 1.22. The number of hydrogen-bond donors (Lipinski definition) is 1. The number of rotatable bonds is 0. The lowest BCUT2D eigenvalue weighted by atomic mass is 10.2. The number of hydrogen-bond acceptors (Lipinski definition) is 2. The van der Waals surface area contributed by atoms with Crippen molar-refractivity contribution in [3.63, 3.8) is 0 Å². The van der Waals surface area contributed by atoms with Crippen molar-refractivity contribution in [3.05, 3.63) is 33.5 Å². The predicted molar refractivity (Wildman–Crippen MR) is 58.8 cm³/mol. The topological polar surface area (TPSA) is 38.9 Å². The number of pyridine rings is 1. The molecule has 1 aromatic carbocycles. The van der Waals surface area contributed by atoms with E-state index in [1.165, 1.54) is 12.3 Å². The molecule has 0 saturated carbocycles. The largest absolute Gasteiger partial charge is 0.397 e. The normalized spacial score (nSPS) is 10.8. The summed E-state index contributed by atoms with van der Waals surface area (Å²) >= 11 is 1.96. The summed E-state index contributed by atoms with van der Waals surface area (Å²) in [5.41, 5.74) is 6.13. The smallest absolute Gasteiger partial charge is 0.152 e. The van der Waals surface area contributed by atoms with E-state index in [0.29, 0.717) is 14.6 Å². The van der Waals surface area contributed by atoms with Gasteiger partial charge in [0.05, 0.1) is 9.26 Å². The van der Waals surface area contributed by atoms with Crippen LogP contribution in [0.5, 0.6) is 0 Å². The Morgan fingerprint density at radius 3 is 2.71 bits per heavy atom. The zero-order valence-corrected chi connectivity index (χ0v) is 9.05. The third-order valence-corrected chi connectivity index (χ3v) is 2.74. The SMILES string of the molecule is Nc1c(I)cnc2c(F)cc(F)cc12. The molecule has 2 aromatic rings. The highest BCUT2D eigenvalue weighted by Crippen LogP contribution is 2.26. The fraction of sp³-hybridized carbons (Fsp3) is 0. The van der Waals surface area contributed by atoms with Crippen molar-refractivity contribution in [3.8, 4) is 0 Å². The number of benzene rings is 1. The van der Waals surface area contributed by atoms with Gasteiger partial charge in [0, 0.05) is 17.6 Å². The minimum atomic E-state index is -0.692. The molecule has 0 spiro atoms. The second-order valence-electron chi connectivity index (χ2n) is 2.80. The summed E-state index contributed by atoms with van der Waals surface area (Å²) in [5, 5.41) is 0.314. The molecule has 0 amide bonds. The Morgan fingerprint density at radius 1 is 1.29 bits per heavy atom. The Hall–Kier alpha value is -0.980. The van der Waals surface area contributed by atoms with Crippen molar-refractivity contribution in [2.24, 2.45) is 0 Å². The van der Waals surface area contributed by atoms with Crippen molar-refractivity contribution in [2.45, 2.75) is 0 Å². The van der Waals surface area contributed by atoms with Crippen LogP contribution in [0.4, 0.5) is 14.5 Å². The molecule has 0 radical (unpaired) electrons. The highest BCUT2D eigenvalue weighted by molar-refractivity contribution is 14.1. The van der Waals surface area contributed by atoms with Crippen molar-refractivity contribution in [2.75, 3.05) is 5.73 Å². The number of fused-ring (bicyclic) bond motifs is 1. The number of nitrogens with zero attached hydrogens (tertiary/aromatic N) is 1. The van der Waals surface area contributed by atoms with E-state index in [1.807, 2.05) is 22.6 Å². The maximum Gasteiger partial charge on any atom is 0.152 e. The maximum atomic E-state index is 13.2. The first-order chi connectivity index (χ1) is 6.59. The molecular weight excluding hydrogens is 301 g/mol. The first-order valence-electron chi connectivity index (χ1n) is 3.78. The van der Waals surface area contributed by atoms with Crippen LogP contribution in [0.15, 0.2) is 18.3 Å². The molecule has 0 atom stereocenters. The highest BCUT2D eigenvalue weighted by atomic mass is 127. The van der Waals surface area contributed by atoms with Crippen molar-refractivity contribution < 1.29 is 8.78 Å². The molecule has 14 heavy (non-hydrogen) atoms. The molecule has 1 aromatic heterocycles. The number of nitrogens with two attached hydrogens (primary N) is 1. The molecule has 0 bridgehead atoms. The Morgan fingerprint density at radius 2 is 2.00 bits per heavy atom. The molecule has 0 aliphatic rings. The molecule has 0 aliphatic heterocycles. The van der Waals surface area contributed by atoms with Gasteiger partial charge in [-0.25, -0.2) is 8.78 Å². The van der Waals surface area contributed by atoms with Crippen LogP contribution in [0, 0.1) is 15.2 Å². The van der Waals surface area contributed by atoms with Gasteiger partial charge in [0.2, 0.25) is 0 Å². The molecule has 1 heterocycles. The monoisotopic (exact) mass is 306 g/mol. The van der Waals surface area contributed by atoms with E-state index >= 15 is 0 Å². The molecule has 0 aliphatic carbocycles. The molecule has 0 unspecified atom stereocenters. The molecular formula is C9H5F2IN2. The van der Waals surface area contributed by atoms with Crippen LogP contribution in [0.1, 0.15) is 0 Å².